The molecule has 0 spiro atoms. The Labute approximate surface area is 141 Å². The lowest BCUT2D eigenvalue weighted by atomic mass is 10.1. The third-order valence-corrected chi connectivity index (χ3v) is 3.11. The van der Waals surface area contributed by atoms with Gasteiger partial charge in [0.2, 0.25) is 5.91 Å². The van der Waals surface area contributed by atoms with Gasteiger partial charge in [-0.1, -0.05) is 12.1 Å². The lowest BCUT2D eigenvalue weighted by Crippen LogP contribution is -2.46. The van der Waals surface area contributed by atoms with Crippen LogP contribution in [0.3, 0.4) is 0 Å². The number of aromatic hydroxyl groups is 1. The van der Waals surface area contributed by atoms with Crippen molar-refractivity contribution in [3.05, 3.63) is 29.3 Å². The summed E-state index contributed by atoms with van der Waals surface area (Å²) in [6.45, 7) is 6.52. The van der Waals surface area contributed by atoms with Gasteiger partial charge in [-0.15, -0.1) is 0 Å². The molecular formula is C17H24N2O5. The molecule has 132 valence electrons. The van der Waals surface area contributed by atoms with E-state index in [4.69, 9.17) is 4.74 Å². The van der Waals surface area contributed by atoms with Crippen LogP contribution in [-0.2, 0) is 14.3 Å². The van der Waals surface area contributed by atoms with E-state index in [1.807, 2.05) is 20.8 Å². The number of phenolic OH excluding ortho intramolecular Hbond substituents is 1. The van der Waals surface area contributed by atoms with E-state index in [1.54, 1.807) is 19.1 Å². The topological polar surface area (TPSA) is 95.9 Å². The number of para-hydroxylation sites is 1. The Morgan fingerprint density at radius 1 is 1.25 bits per heavy atom. The smallest absolute Gasteiger partial charge is 0.342 e. The van der Waals surface area contributed by atoms with Crippen LogP contribution in [0.2, 0.25) is 0 Å². The predicted octanol–water partition coefficient (Wildman–Crippen LogP) is 1.23. The minimum atomic E-state index is -0.794. The summed E-state index contributed by atoms with van der Waals surface area (Å²) < 4.78 is 4.91. The van der Waals surface area contributed by atoms with Gasteiger partial charge in [0, 0.05) is 12.6 Å². The van der Waals surface area contributed by atoms with E-state index in [0.717, 1.165) is 0 Å². The summed E-state index contributed by atoms with van der Waals surface area (Å²) in [5.74, 6) is -1.79. The second kappa shape index (κ2) is 7.81. The lowest BCUT2D eigenvalue weighted by Gasteiger charge is -2.23. The molecule has 0 radical (unpaired) electrons. The number of rotatable bonds is 5. The maximum Gasteiger partial charge on any atom is 0.342 e. The number of carbonyl (C=O) groups is 3. The Balaban J connectivity index is 2.54. The molecule has 0 aliphatic rings. The standard InChI is InChI=1S/C17H24N2O5/c1-11-7-6-8-12(15(11)22)16(23)24-10-14(21)19(5)9-13(20)18-17(2,3)4/h6-8,22H,9-10H2,1-5H3,(H,18,20). The summed E-state index contributed by atoms with van der Waals surface area (Å²) in [7, 11) is 1.45. The van der Waals surface area contributed by atoms with Crippen LogP contribution in [0.1, 0.15) is 36.7 Å². The van der Waals surface area contributed by atoms with Crippen molar-refractivity contribution in [2.24, 2.45) is 0 Å². The number of nitrogens with one attached hydrogen (secondary N) is 1. The van der Waals surface area contributed by atoms with Crippen molar-refractivity contribution in [1.82, 2.24) is 10.2 Å². The number of nitrogens with zero attached hydrogens (tertiary/aromatic N) is 1. The van der Waals surface area contributed by atoms with Gasteiger partial charge in [0.1, 0.15) is 11.3 Å². The Morgan fingerprint density at radius 3 is 2.46 bits per heavy atom. The molecule has 0 heterocycles. The first-order valence-corrected chi connectivity index (χ1v) is 7.52. The quantitative estimate of drug-likeness (QED) is 0.789. The zero-order valence-corrected chi connectivity index (χ0v) is 14.7. The van der Waals surface area contributed by atoms with Gasteiger partial charge in [0.25, 0.3) is 5.91 Å². The van der Waals surface area contributed by atoms with Crippen LogP contribution in [0.5, 0.6) is 5.75 Å². The molecule has 1 aromatic rings. The van der Waals surface area contributed by atoms with Crippen LogP contribution in [0.4, 0.5) is 0 Å². The molecule has 0 saturated heterocycles. The summed E-state index contributed by atoms with van der Waals surface area (Å²) in [5, 5.41) is 12.6. The van der Waals surface area contributed by atoms with Crippen molar-refractivity contribution in [3.8, 4) is 5.75 Å². The Kier molecular flexibility index (Phi) is 6.34. The van der Waals surface area contributed by atoms with Crippen LogP contribution < -0.4 is 5.32 Å². The average Bonchev–Trinajstić information content (AvgIpc) is 2.45. The first kappa shape index (κ1) is 19.5. The van der Waals surface area contributed by atoms with Crippen LogP contribution in [-0.4, -0.2) is 53.5 Å². The number of phenols is 1. The highest BCUT2D eigenvalue weighted by Crippen LogP contribution is 2.21. The number of esters is 1. The number of hydrogen-bond acceptors (Lipinski definition) is 5. The number of carbonyl (C=O) groups excluding carboxylic acids is 3. The van der Waals surface area contributed by atoms with E-state index in [1.165, 1.54) is 18.0 Å². The summed E-state index contributed by atoms with van der Waals surface area (Å²) in [5.41, 5.74) is 0.138. The zero-order chi connectivity index (χ0) is 18.5. The Bertz CT molecular complexity index is 634. The van der Waals surface area contributed by atoms with Crippen molar-refractivity contribution >= 4 is 17.8 Å². The Morgan fingerprint density at radius 2 is 1.88 bits per heavy atom. The van der Waals surface area contributed by atoms with Gasteiger partial charge in [-0.3, -0.25) is 9.59 Å². The Hall–Kier alpha value is -2.57. The molecule has 0 atom stereocenters. The van der Waals surface area contributed by atoms with Gasteiger partial charge >= 0.3 is 5.97 Å². The third-order valence-electron chi connectivity index (χ3n) is 3.11. The molecule has 0 aliphatic carbocycles. The van der Waals surface area contributed by atoms with Crippen molar-refractivity contribution in [3.63, 3.8) is 0 Å². The summed E-state index contributed by atoms with van der Waals surface area (Å²) >= 11 is 0. The number of aryl methyl sites for hydroxylation is 1. The molecule has 1 rings (SSSR count). The van der Waals surface area contributed by atoms with Gasteiger partial charge < -0.3 is 20.1 Å². The minimum absolute atomic E-state index is 0.00377. The molecule has 0 saturated carbocycles. The van der Waals surface area contributed by atoms with E-state index >= 15 is 0 Å². The van der Waals surface area contributed by atoms with Gasteiger partial charge in [0.15, 0.2) is 6.61 Å². The molecule has 0 unspecified atom stereocenters. The van der Waals surface area contributed by atoms with Gasteiger partial charge in [-0.25, -0.2) is 4.79 Å². The van der Waals surface area contributed by atoms with E-state index in [2.05, 4.69) is 5.32 Å². The number of hydrogen-bond donors (Lipinski definition) is 2. The minimum Gasteiger partial charge on any atom is -0.507 e. The number of ether oxygens (including phenoxy) is 1. The molecule has 0 bridgehead atoms. The molecule has 24 heavy (non-hydrogen) atoms. The summed E-state index contributed by atoms with van der Waals surface area (Å²) in [6, 6.07) is 4.67. The fraction of sp³-hybridized carbons (Fsp3) is 0.471. The molecular weight excluding hydrogens is 312 g/mol. The largest absolute Gasteiger partial charge is 0.507 e. The first-order chi connectivity index (χ1) is 11.0. The third kappa shape index (κ3) is 5.91. The molecule has 0 aromatic heterocycles. The SMILES string of the molecule is Cc1cccc(C(=O)OCC(=O)N(C)CC(=O)NC(C)(C)C)c1O. The molecule has 7 heteroatoms. The summed E-state index contributed by atoms with van der Waals surface area (Å²) in [6.07, 6.45) is 0. The fourth-order valence-electron chi connectivity index (χ4n) is 1.90. The van der Waals surface area contributed by atoms with Crippen molar-refractivity contribution in [2.75, 3.05) is 20.2 Å². The molecule has 0 aliphatic heterocycles. The van der Waals surface area contributed by atoms with Crippen molar-refractivity contribution in [2.45, 2.75) is 33.2 Å². The van der Waals surface area contributed by atoms with Crippen LogP contribution in [0.25, 0.3) is 0 Å². The van der Waals surface area contributed by atoms with E-state index in [9.17, 15) is 19.5 Å². The lowest BCUT2D eigenvalue weighted by molar-refractivity contribution is -0.137. The van der Waals surface area contributed by atoms with Crippen molar-refractivity contribution < 1.29 is 24.2 Å². The number of benzene rings is 1. The van der Waals surface area contributed by atoms with Gasteiger partial charge in [-0.05, 0) is 39.3 Å². The maximum absolute atomic E-state index is 11.9. The van der Waals surface area contributed by atoms with Crippen LogP contribution in [0.15, 0.2) is 18.2 Å². The molecule has 1 aromatic carbocycles. The fourth-order valence-corrected chi connectivity index (χ4v) is 1.90. The van der Waals surface area contributed by atoms with E-state index in [-0.39, 0.29) is 23.8 Å². The second-order valence-corrected chi connectivity index (χ2v) is 6.60. The highest BCUT2D eigenvalue weighted by Gasteiger charge is 2.20. The average molecular weight is 336 g/mol. The molecule has 2 amide bonds. The molecule has 2 N–H and O–H groups in total. The van der Waals surface area contributed by atoms with Crippen LogP contribution in [0, 0.1) is 6.92 Å². The van der Waals surface area contributed by atoms with Gasteiger partial charge in [0.05, 0.1) is 6.54 Å². The maximum atomic E-state index is 11.9. The highest BCUT2D eigenvalue weighted by atomic mass is 16.5. The molecule has 7 nitrogen and oxygen atoms in total. The van der Waals surface area contributed by atoms with E-state index < -0.39 is 24.0 Å². The van der Waals surface area contributed by atoms with E-state index in [0.29, 0.717) is 5.56 Å². The van der Waals surface area contributed by atoms with Gasteiger partial charge in [-0.2, -0.15) is 0 Å². The number of likely N-dealkylation sites (N-methyl/N-ethyl adjacent to an activating group) is 1. The molecule has 0 fully saturated rings. The summed E-state index contributed by atoms with van der Waals surface area (Å²) in [4.78, 5) is 36.8. The second-order valence-electron chi connectivity index (χ2n) is 6.60. The van der Waals surface area contributed by atoms with Crippen LogP contribution >= 0.6 is 0 Å². The normalized spacial score (nSPS) is 10.9. The number of amides is 2. The van der Waals surface area contributed by atoms with Crippen molar-refractivity contribution in [1.29, 1.82) is 0 Å². The predicted molar refractivity (Wildman–Crippen MR) is 88.7 cm³/mol. The highest BCUT2D eigenvalue weighted by molar-refractivity contribution is 5.94. The zero-order valence-electron chi connectivity index (χ0n) is 14.7. The first-order valence-electron chi connectivity index (χ1n) is 7.52. The monoisotopic (exact) mass is 336 g/mol.